The fourth-order valence-corrected chi connectivity index (χ4v) is 2.38. The highest BCUT2D eigenvalue weighted by molar-refractivity contribution is 7.89. The van der Waals surface area contributed by atoms with Crippen molar-refractivity contribution in [3.8, 4) is 0 Å². The second-order valence-electron chi connectivity index (χ2n) is 4.52. The Morgan fingerprint density at radius 1 is 1.15 bits per heavy atom. The zero-order valence-corrected chi connectivity index (χ0v) is 13.3. The molecule has 0 atom stereocenters. The van der Waals surface area contributed by atoms with Gasteiger partial charge in [-0.2, -0.15) is 0 Å². The first-order valence-corrected chi connectivity index (χ1v) is 8.13. The summed E-state index contributed by atoms with van der Waals surface area (Å²) in [6.07, 6.45) is 1.66. The van der Waals surface area contributed by atoms with Gasteiger partial charge in [0.2, 0.25) is 5.91 Å². The summed E-state index contributed by atoms with van der Waals surface area (Å²) < 4.78 is 22.3. The zero-order valence-electron chi connectivity index (χ0n) is 11.7. The number of halogens is 1. The van der Waals surface area contributed by atoms with E-state index in [4.69, 9.17) is 0 Å². The van der Waals surface area contributed by atoms with E-state index in [2.05, 4.69) is 10.6 Å². The van der Waals surface area contributed by atoms with Crippen molar-refractivity contribution in [2.45, 2.75) is 18.7 Å². The van der Waals surface area contributed by atoms with Crippen molar-refractivity contribution in [2.75, 3.05) is 19.8 Å². The van der Waals surface area contributed by atoms with Gasteiger partial charge in [-0.25, -0.2) is 8.42 Å². The molecule has 2 N–H and O–H groups in total. The van der Waals surface area contributed by atoms with E-state index in [9.17, 15) is 13.2 Å². The van der Waals surface area contributed by atoms with Crippen molar-refractivity contribution in [2.24, 2.45) is 0 Å². The molecule has 0 aliphatic heterocycles. The van der Waals surface area contributed by atoms with E-state index in [1.54, 1.807) is 19.2 Å². The Morgan fingerprint density at radius 3 is 2.20 bits per heavy atom. The molecule has 0 fully saturated rings. The third-order valence-corrected chi connectivity index (χ3v) is 3.40. The van der Waals surface area contributed by atoms with Crippen LogP contribution in [0.25, 0.3) is 0 Å². The summed E-state index contributed by atoms with van der Waals surface area (Å²) in [5.41, 5.74) is 1.71. The maximum absolute atomic E-state index is 11.4. The summed E-state index contributed by atoms with van der Waals surface area (Å²) in [5, 5.41) is 5.71. The molecule has 1 amide bonds. The van der Waals surface area contributed by atoms with Gasteiger partial charge in [0.15, 0.2) is 9.84 Å². The lowest BCUT2D eigenvalue weighted by Crippen LogP contribution is -2.26. The van der Waals surface area contributed by atoms with Gasteiger partial charge >= 0.3 is 0 Å². The standard InChI is InChI=1S/C13H20N2O3S.ClH/c1-14-8-7-13(16)15-9-11-3-5-12(6-4-11)10-19(2,17)18;/h3-6,14H,7-10H2,1-2H3,(H,15,16);1H. The highest BCUT2D eigenvalue weighted by Crippen LogP contribution is 2.07. The number of carbonyl (C=O) groups is 1. The van der Waals surface area contributed by atoms with Crippen LogP contribution in [0.2, 0.25) is 0 Å². The SMILES string of the molecule is CNCCC(=O)NCc1ccc(CS(C)(=O)=O)cc1.Cl. The lowest BCUT2D eigenvalue weighted by molar-refractivity contribution is -0.121. The molecular weight excluding hydrogens is 300 g/mol. The predicted octanol–water partition coefficient (Wildman–Crippen LogP) is 0.879. The highest BCUT2D eigenvalue weighted by Gasteiger charge is 2.05. The molecule has 0 saturated heterocycles. The Kier molecular flexibility index (Phi) is 8.45. The van der Waals surface area contributed by atoms with E-state index >= 15 is 0 Å². The van der Waals surface area contributed by atoms with E-state index in [0.717, 1.165) is 11.1 Å². The summed E-state index contributed by atoms with van der Waals surface area (Å²) in [7, 11) is -1.20. The van der Waals surface area contributed by atoms with Gasteiger partial charge in [0.05, 0.1) is 5.75 Å². The number of hydrogen-bond acceptors (Lipinski definition) is 4. The number of carbonyl (C=O) groups excluding carboxylic acids is 1. The van der Waals surface area contributed by atoms with E-state index in [1.807, 2.05) is 12.1 Å². The largest absolute Gasteiger partial charge is 0.352 e. The summed E-state index contributed by atoms with van der Waals surface area (Å²) in [6.45, 7) is 1.11. The molecule has 0 heterocycles. The van der Waals surface area contributed by atoms with Crippen molar-refractivity contribution < 1.29 is 13.2 Å². The minimum Gasteiger partial charge on any atom is -0.352 e. The van der Waals surface area contributed by atoms with Crippen molar-refractivity contribution in [1.29, 1.82) is 0 Å². The summed E-state index contributed by atoms with van der Waals surface area (Å²) in [5.74, 6) is 0.0384. The molecule has 0 bridgehead atoms. The van der Waals surface area contributed by atoms with Gasteiger partial charge in [0.25, 0.3) is 0 Å². The monoisotopic (exact) mass is 320 g/mol. The molecule has 0 aromatic heterocycles. The van der Waals surface area contributed by atoms with Gasteiger partial charge in [-0.05, 0) is 18.2 Å². The molecule has 1 rings (SSSR count). The smallest absolute Gasteiger partial charge is 0.221 e. The third kappa shape index (κ3) is 8.14. The Morgan fingerprint density at radius 2 is 1.70 bits per heavy atom. The van der Waals surface area contributed by atoms with Gasteiger partial charge in [0.1, 0.15) is 0 Å². The van der Waals surface area contributed by atoms with Crippen LogP contribution in [-0.2, 0) is 26.9 Å². The molecule has 0 unspecified atom stereocenters. The van der Waals surface area contributed by atoms with Crippen LogP contribution in [0.4, 0.5) is 0 Å². The van der Waals surface area contributed by atoms with Crippen molar-refractivity contribution >= 4 is 28.2 Å². The number of sulfone groups is 1. The van der Waals surface area contributed by atoms with Crippen LogP contribution in [0.15, 0.2) is 24.3 Å². The molecule has 0 spiro atoms. The molecule has 0 aliphatic rings. The topological polar surface area (TPSA) is 75.3 Å². The molecule has 7 heteroatoms. The Hall–Kier alpha value is -1.11. The van der Waals surface area contributed by atoms with Crippen LogP contribution in [0.5, 0.6) is 0 Å². The van der Waals surface area contributed by atoms with Crippen LogP contribution >= 0.6 is 12.4 Å². The summed E-state index contributed by atoms with van der Waals surface area (Å²) >= 11 is 0. The minimum absolute atomic E-state index is 0. The normalized spacial score (nSPS) is 10.7. The molecule has 1 aromatic rings. The third-order valence-electron chi connectivity index (χ3n) is 2.54. The first kappa shape index (κ1) is 18.9. The van der Waals surface area contributed by atoms with Gasteiger partial charge in [-0.1, -0.05) is 24.3 Å². The van der Waals surface area contributed by atoms with Crippen LogP contribution in [0.3, 0.4) is 0 Å². The average molecular weight is 321 g/mol. The van der Waals surface area contributed by atoms with Gasteiger partial charge in [0, 0.05) is 25.8 Å². The molecule has 0 saturated carbocycles. The van der Waals surface area contributed by atoms with Crippen molar-refractivity contribution in [1.82, 2.24) is 10.6 Å². The van der Waals surface area contributed by atoms with Crippen LogP contribution in [-0.4, -0.2) is 34.2 Å². The van der Waals surface area contributed by atoms with E-state index in [0.29, 0.717) is 19.5 Å². The van der Waals surface area contributed by atoms with Gasteiger partial charge in [-0.15, -0.1) is 12.4 Å². The van der Waals surface area contributed by atoms with Crippen LogP contribution in [0.1, 0.15) is 17.5 Å². The van der Waals surface area contributed by atoms with Crippen molar-refractivity contribution in [3.05, 3.63) is 35.4 Å². The Labute approximate surface area is 126 Å². The molecule has 5 nitrogen and oxygen atoms in total. The fraction of sp³-hybridized carbons (Fsp3) is 0.462. The van der Waals surface area contributed by atoms with Crippen molar-refractivity contribution in [3.63, 3.8) is 0 Å². The van der Waals surface area contributed by atoms with Gasteiger partial charge in [-0.3, -0.25) is 4.79 Å². The number of rotatable bonds is 7. The van der Waals surface area contributed by atoms with E-state index in [1.165, 1.54) is 6.26 Å². The van der Waals surface area contributed by atoms with E-state index in [-0.39, 0.29) is 24.1 Å². The maximum atomic E-state index is 11.4. The molecule has 1 aromatic carbocycles. The van der Waals surface area contributed by atoms with Gasteiger partial charge < -0.3 is 10.6 Å². The number of amides is 1. The lowest BCUT2D eigenvalue weighted by Gasteiger charge is -2.06. The van der Waals surface area contributed by atoms with E-state index < -0.39 is 9.84 Å². The Balaban J connectivity index is 0.00000361. The summed E-state index contributed by atoms with van der Waals surface area (Å²) in [4.78, 5) is 11.4. The predicted molar refractivity (Wildman–Crippen MR) is 82.6 cm³/mol. The molecular formula is C13H21ClN2O3S. The first-order valence-electron chi connectivity index (χ1n) is 6.07. The minimum atomic E-state index is -3.00. The molecule has 114 valence electrons. The van der Waals surface area contributed by atoms with Crippen LogP contribution < -0.4 is 10.6 Å². The quantitative estimate of drug-likeness (QED) is 0.782. The molecule has 0 aliphatic carbocycles. The number of nitrogens with one attached hydrogen (secondary N) is 2. The summed E-state index contributed by atoms with van der Waals surface area (Å²) in [6, 6.07) is 7.21. The lowest BCUT2D eigenvalue weighted by atomic mass is 10.1. The first-order chi connectivity index (χ1) is 8.90. The zero-order chi connectivity index (χ0) is 14.3. The average Bonchev–Trinajstić information content (AvgIpc) is 2.33. The Bertz CT molecular complexity index is 515. The second-order valence-corrected chi connectivity index (χ2v) is 6.66. The van der Waals surface area contributed by atoms with Crippen LogP contribution in [0, 0.1) is 0 Å². The highest BCUT2D eigenvalue weighted by atomic mass is 35.5. The number of benzene rings is 1. The fourth-order valence-electron chi connectivity index (χ4n) is 1.58. The molecule has 0 radical (unpaired) electrons. The number of hydrogen-bond donors (Lipinski definition) is 2. The molecule has 20 heavy (non-hydrogen) atoms. The second kappa shape index (κ2) is 8.94. The maximum Gasteiger partial charge on any atom is 0.221 e.